The third-order valence-electron chi connectivity index (χ3n) is 2.79. The van der Waals surface area contributed by atoms with Gasteiger partial charge < -0.3 is 5.11 Å². The van der Waals surface area contributed by atoms with Crippen LogP contribution in [0.2, 0.25) is 0 Å². The third kappa shape index (κ3) is 2.77. The molecule has 2 rings (SSSR count). The number of aromatic nitrogens is 2. The summed E-state index contributed by atoms with van der Waals surface area (Å²) in [5.41, 5.74) is 1.22. The van der Waals surface area contributed by atoms with Crippen LogP contribution < -0.4 is 0 Å². The predicted molar refractivity (Wildman–Crippen MR) is 70.1 cm³/mol. The number of aryl methyl sites for hydroxylation is 1. The first-order valence-electron chi connectivity index (χ1n) is 5.65. The van der Waals surface area contributed by atoms with Crippen LogP contribution in [0.25, 0.3) is 0 Å². The van der Waals surface area contributed by atoms with Crippen molar-refractivity contribution in [2.24, 2.45) is 0 Å². The molecule has 0 aliphatic carbocycles. The van der Waals surface area contributed by atoms with E-state index in [1.165, 1.54) is 29.7 Å². The Bertz CT molecular complexity index is 679. The van der Waals surface area contributed by atoms with Gasteiger partial charge in [0.2, 0.25) is 10.0 Å². The van der Waals surface area contributed by atoms with Gasteiger partial charge in [-0.1, -0.05) is 12.1 Å². The van der Waals surface area contributed by atoms with Crippen molar-refractivity contribution in [1.29, 1.82) is 0 Å². The molecule has 0 bridgehead atoms. The van der Waals surface area contributed by atoms with Gasteiger partial charge in [0.25, 0.3) is 0 Å². The lowest BCUT2D eigenvalue weighted by Gasteiger charge is -2.16. The van der Waals surface area contributed by atoms with Gasteiger partial charge in [0.1, 0.15) is 10.6 Å². The van der Waals surface area contributed by atoms with E-state index in [1.54, 1.807) is 19.1 Å². The third-order valence-corrected chi connectivity index (χ3v) is 4.70. The lowest BCUT2D eigenvalue weighted by Crippen LogP contribution is -2.26. The Morgan fingerprint density at radius 3 is 2.74 bits per heavy atom. The molecule has 102 valence electrons. The van der Waals surface area contributed by atoms with E-state index < -0.39 is 10.0 Å². The number of H-pyrrole nitrogens is 1. The summed E-state index contributed by atoms with van der Waals surface area (Å²) in [5.74, 6) is 0.114. The second kappa shape index (κ2) is 5.02. The highest BCUT2D eigenvalue weighted by Crippen LogP contribution is 2.19. The number of phenolic OH excluding ortho intramolecular Hbond substituents is 1. The second-order valence-corrected chi connectivity index (χ2v) is 6.30. The van der Waals surface area contributed by atoms with Gasteiger partial charge in [-0.25, -0.2) is 8.42 Å². The Balaban J connectivity index is 2.25. The largest absolute Gasteiger partial charge is 0.508 e. The van der Waals surface area contributed by atoms with Crippen molar-refractivity contribution in [3.05, 3.63) is 41.7 Å². The first-order valence-corrected chi connectivity index (χ1v) is 7.09. The number of sulfonamides is 1. The topological polar surface area (TPSA) is 86.3 Å². The summed E-state index contributed by atoms with van der Waals surface area (Å²) < 4.78 is 25.8. The van der Waals surface area contributed by atoms with Gasteiger partial charge in [0.15, 0.2) is 0 Å². The molecule has 0 atom stereocenters. The minimum Gasteiger partial charge on any atom is -0.508 e. The molecule has 1 heterocycles. The highest BCUT2D eigenvalue weighted by atomic mass is 32.2. The molecule has 2 N–H and O–H groups in total. The zero-order valence-electron chi connectivity index (χ0n) is 10.7. The Morgan fingerprint density at radius 1 is 1.42 bits per heavy atom. The number of hydrogen-bond acceptors (Lipinski definition) is 4. The molecule has 0 radical (unpaired) electrons. The maximum atomic E-state index is 12.3. The average molecular weight is 281 g/mol. The number of phenols is 1. The van der Waals surface area contributed by atoms with E-state index in [0.717, 1.165) is 0 Å². The fourth-order valence-corrected chi connectivity index (χ4v) is 3.04. The van der Waals surface area contributed by atoms with Crippen molar-refractivity contribution in [3.8, 4) is 5.75 Å². The zero-order chi connectivity index (χ0) is 14.0. The number of benzene rings is 1. The van der Waals surface area contributed by atoms with E-state index in [4.69, 9.17) is 0 Å². The molecule has 0 fully saturated rings. The normalized spacial score (nSPS) is 11.9. The maximum absolute atomic E-state index is 12.3. The molecule has 0 spiro atoms. The summed E-state index contributed by atoms with van der Waals surface area (Å²) in [5, 5.41) is 15.7. The van der Waals surface area contributed by atoms with Gasteiger partial charge in [-0.3, -0.25) is 5.10 Å². The van der Waals surface area contributed by atoms with Gasteiger partial charge >= 0.3 is 0 Å². The van der Waals surface area contributed by atoms with Crippen LogP contribution in [0.15, 0.2) is 35.4 Å². The molecule has 0 unspecified atom stereocenters. The molecule has 19 heavy (non-hydrogen) atoms. The van der Waals surface area contributed by atoms with Crippen LogP contribution in [0.4, 0.5) is 0 Å². The number of aromatic amines is 1. The van der Waals surface area contributed by atoms with E-state index >= 15 is 0 Å². The average Bonchev–Trinajstić information content (AvgIpc) is 2.76. The molecule has 6 nitrogen and oxygen atoms in total. The van der Waals surface area contributed by atoms with Crippen molar-refractivity contribution in [3.63, 3.8) is 0 Å². The molecule has 0 aliphatic rings. The SMILES string of the molecule is Cc1[nH]ncc1S(=O)(=O)N(C)Cc1cccc(O)c1. The van der Waals surface area contributed by atoms with E-state index in [2.05, 4.69) is 10.2 Å². The van der Waals surface area contributed by atoms with E-state index in [9.17, 15) is 13.5 Å². The Morgan fingerprint density at radius 2 is 2.16 bits per heavy atom. The lowest BCUT2D eigenvalue weighted by atomic mass is 10.2. The molecular weight excluding hydrogens is 266 g/mol. The number of rotatable bonds is 4. The van der Waals surface area contributed by atoms with Crippen LogP contribution in [0.5, 0.6) is 5.75 Å². The fraction of sp³-hybridized carbons (Fsp3) is 0.250. The van der Waals surface area contributed by atoms with Crippen LogP contribution >= 0.6 is 0 Å². The monoisotopic (exact) mass is 281 g/mol. The maximum Gasteiger partial charge on any atom is 0.246 e. The van der Waals surface area contributed by atoms with Crippen LogP contribution in [0, 0.1) is 6.92 Å². The Hall–Kier alpha value is -1.86. The number of nitrogens with zero attached hydrogens (tertiary/aromatic N) is 2. The van der Waals surface area contributed by atoms with Gasteiger partial charge in [0.05, 0.1) is 11.9 Å². The summed E-state index contributed by atoms with van der Waals surface area (Å²) in [6, 6.07) is 6.51. The zero-order valence-corrected chi connectivity index (χ0v) is 11.5. The molecular formula is C12H15N3O3S. The highest BCUT2D eigenvalue weighted by molar-refractivity contribution is 7.89. The van der Waals surface area contributed by atoms with Crippen molar-refractivity contribution < 1.29 is 13.5 Å². The van der Waals surface area contributed by atoms with Crippen LogP contribution in [0.1, 0.15) is 11.3 Å². The lowest BCUT2D eigenvalue weighted by molar-refractivity contribution is 0.458. The molecule has 0 saturated carbocycles. The fourth-order valence-electron chi connectivity index (χ4n) is 1.76. The molecule has 0 amide bonds. The van der Waals surface area contributed by atoms with Gasteiger partial charge in [-0.05, 0) is 24.6 Å². The molecule has 0 saturated heterocycles. The first-order chi connectivity index (χ1) is 8.91. The molecule has 2 aromatic rings. The number of hydrogen-bond donors (Lipinski definition) is 2. The van der Waals surface area contributed by atoms with Crippen LogP contribution in [-0.2, 0) is 16.6 Å². The Labute approximate surface area is 111 Å². The van der Waals surface area contributed by atoms with Crippen molar-refractivity contribution in [2.45, 2.75) is 18.4 Å². The van der Waals surface area contributed by atoms with Crippen LogP contribution in [-0.4, -0.2) is 35.1 Å². The van der Waals surface area contributed by atoms with E-state index in [0.29, 0.717) is 11.3 Å². The molecule has 0 aliphatic heterocycles. The van der Waals surface area contributed by atoms with Crippen molar-refractivity contribution >= 4 is 10.0 Å². The Kier molecular flexibility index (Phi) is 3.59. The summed E-state index contributed by atoms with van der Waals surface area (Å²) >= 11 is 0. The number of nitrogens with one attached hydrogen (secondary N) is 1. The van der Waals surface area contributed by atoms with Gasteiger partial charge in [-0.15, -0.1) is 0 Å². The minimum absolute atomic E-state index is 0.114. The second-order valence-electron chi connectivity index (χ2n) is 4.29. The highest BCUT2D eigenvalue weighted by Gasteiger charge is 2.24. The molecule has 7 heteroatoms. The number of aromatic hydroxyl groups is 1. The van der Waals surface area contributed by atoms with Gasteiger partial charge in [0, 0.05) is 13.6 Å². The van der Waals surface area contributed by atoms with Crippen molar-refractivity contribution in [1.82, 2.24) is 14.5 Å². The predicted octanol–water partition coefficient (Wildman–Crippen LogP) is 1.24. The molecule has 1 aromatic heterocycles. The smallest absolute Gasteiger partial charge is 0.246 e. The van der Waals surface area contributed by atoms with E-state index in [1.807, 2.05) is 0 Å². The minimum atomic E-state index is -3.58. The van der Waals surface area contributed by atoms with Gasteiger partial charge in [-0.2, -0.15) is 9.40 Å². The van der Waals surface area contributed by atoms with Crippen LogP contribution in [0.3, 0.4) is 0 Å². The summed E-state index contributed by atoms with van der Waals surface area (Å²) in [4.78, 5) is 0.162. The summed E-state index contributed by atoms with van der Waals surface area (Å²) in [6.45, 7) is 1.84. The molecule has 1 aromatic carbocycles. The standard InChI is InChI=1S/C12H15N3O3S/c1-9-12(7-13-14-9)19(17,18)15(2)8-10-4-3-5-11(16)6-10/h3-7,16H,8H2,1-2H3,(H,13,14). The first kappa shape index (κ1) is 13.6. The quantitative estimate of drug-likeness (QED) is 0.883. The van der Waals surface area contributed by atoms with Crippen molar-refractivity contribution in [2.75, 3.05) is 7.05 Å². The summed E-state index contributed by atoms with van der Waals surface area (Å²) in [7, 11) is -2.09. The summed E-state index contributed by atoms with van der Waals surface area (Å²) in [6.07, 6.45) is 1.30. The van der Waals surface area contributed by atoms with E-state index in [-0.39, 0.29) is 17.2 Å².